The smallest absolute Gasteiger partial charge is 0.225 e. The van der Waals surface area contributed by atoms with Crippen molar-refractivity contribution < 1.29 is 13.2 Å². The van der Waals surface area contributed by atoms with Crippen LogP contribution in [0.1, 0.15) is 27.8 Å². The fourth-order valence-electron chi connectivity index (χ4n) is 4.36. The Morgan fingerprint density at radius 3 is 2.44 bits per heavy atom. The Morgan fingerprint density at radius 2 is 1.62 bits per heavy atom. The zero-order valence-corrected chi connectivity index (χ0v) is 18.9. The van der Waals surface area contributed by atoms with Crippen LogP contribution in [0.2, 0.25) is 0 Å². The molecule has 0 fully saturated rings. The third-order valence-corrected chi connectivity index (χ3v) is 7.40. The Kier molecular flexibility index (Phi) is 5.57. The normalized spacial score (nSPS) is 16.3. The molecule has 0 N–H and O–H groups in total. The summed E-state index contributed by atoms with van der Waals surface area (Å²) in [7, 11) is -3.16. The van der Waals surface area contributed by atoms with E-state index in [1.807, 2.05) is 24.3 Å². The van der Waals surface area contributed by atoms with Crippen LogP contribution in [0.4, 0.5) is 5.95 Å². The summed E-state index contributed by atoms with van der Waals surface area (Å²) in [4.78, 5) is 10.9. The molecule has 1 aromatic heterocycles. The van der Waals surface area contributed by atoms with Crippen LogP contribution in [-0.4, -0.2) is 42.0 Å². The summed E-state index contributed by atoms with van der Waals surface area (Å²) < 4.78 is 31.2. The molecular formula is C24H26N4O3S. The van der Waals surface area contributed by atoms with Crippen molar-refractivity contribution in [2.24, 2.45) is 0 Å². The molecule has 0 amide bonds. The van der Waals surface area contributed by atoms with E-state index in [4.69, 9.17) is 4.74 Å². The van der Waals surface area contributed by atoms with Gasteiger partial charge >= 0.3 is 0 Å². The van der Waals surface area contributed by atoms with E-state index in [0.717, 1.165) is 47.9 Å². The van der Waals surface area contributed by atoms with Crippen LogP contribution in [-0.2, 0) is 42.6 Å². The zero-order chi connectivity index (χ0) is 22.1. The lowest BCUT2D eigenvalue weighted by molar-refractivity contribution is 0.304. The van der Waals surface area contributed by atoms with Gasteiger partial charge in [-0.25, -0.2) is 18.4 Å². The first-order valence-electron chi connectivity index (χ1n) is 10.8. The van der Waals surface area contributed by atoms with E-state index in [1.54, 1.807) is 12.4 Å². The summed E-state index contributed by atoms with van der Waals surface area (Å²) in [5, 5.41) is 0. The monoisotopic (exact) mass is 450 g/mol. The molecule has 0 unspecified atom stereocenters. The lowest BCUT2D eigenvalue weighted by atomic mass is 9.97. The van der Waals surface area contributed by atoms with Gasteiger partial charge in [-0.05, 0) is 58.9 Å². The van der Waals surface area contributed by atoms with E-state index in [2.05, 4.69) is 33.1 Å². The highest BCUT2D eigenvalue weighted by Gasteiger charge is 2.23. The fraction of sp³-hybridized carbons (Fsp3) is 0.333. The second-order valence-corrected chi connectivity index (χ2v) is 10.4. The van der Waals surface area contributed by atoms with E-state index in [-0.39, 0.29) is 0 Å². The molecule has 0 spiro atoms. The lowest BCUT2D eigenvalue weighted by Crippen LogP contribution is -2.35. The minimum Gasteiger partial charge on any atom is -0.489 e. The Morgan fingerprint density at radius 1 is 0.906 bits per heavy atom. The molecule has 0 saturated carbocycles. The number of nitrogens with zero attached hydrogens (tertiary/aromatic N) is 4. The number of hydrogen-bond acceptors (Lipinski definition) is 6. The number of benzene rings is 2. The van der Waals surface area contributed by atoms with Crippen molar-refractivity contribution in [2.75, 3.05) is 24.2 Å². The van der Waals surface area contributed by atoms with Gasteiger partial charge in [0.25, 0.3) is 0 Å². The van der Waals surface area contributed by atoms with Gasteiger partial charge in [-0.3, -0.25) is 0 Å². The van der Waals surface area contributed by atoms with Gasteiger partial charge in [0.05, 0.1) is 6.26 Å². The Hall–Kier alpha value is -2.97. The van der Waals surface area contributed by atoms with Crippen molar-refractivity contribution in [3.8, 4) is 5.75 Å². The number of fused-ring (bicyclic) bond motifs is 2. The molecule has 0 saturated heterocycles. The largest absolute Gasteiger partial charge is 0.489 e. The molecule has 3 heterocycles. The van der Waals surface area contributed by atoms with Gasteiger partial charge in [0.1, 0.15) is 12.4 Å². The maximum atomic E-state index is 11.8. The van der Waals surface area contributed by atoms with Crippen LogP contribution < -0.4 is 9.64 Å². The highest BCUT2D eigenvalue weighted by molar-refractivity contribution is 7.88. The third kappa shape index (κ3) is 4.47. The van der Waals surface area contributed by atoms with Gasteiger partial charge in [-0.2, -0.15) is 4.31 Å². The van der Waals surface area contributed by atoms with Crippen molar-refractivity contribution in [3.05, 3.63) is 82.7 Å². The van der Waals surface area contributed by atoms with Crippen LogP contribution >= 0.6 is 0 Å². The number of sulfonamides is 1. The molecule has 7 nitrogen and oxygen atoms in total. The molecule has 0 atom stereocenters. The molecule has 0 aliphatic carbocycles. The summed E-state index contributed by atoms with van der Waals surface area (Å²) in [6.45, 7) is 3.18. The van der Waals surface area contributed by atoms with Crippen LogP contribution in [0, 0.1) is 0 Å². The van der Waals surface area contributed by atoms with E-state index < -0.39 is 10.0 Å². The fourth-order valence-corrected chi connectivity index (χ4v) is 5.16. The van der Waals surface area contributed by atoms with Gasteiger partial charge in [0, 0.05) is 38.6 Å². The number of anilines is 1. The second-order valence-electron chi connectivity index (χ2n) is 8.39. The van der Waals surface area contributed by atoms with Gasteiger partial charge in [0.2, 0.25) is 16.0 Å². The highest BCUT2D eigenvalue weighted by Crippen LogP contribution is 2.27. The van der Waals surface area contributed by atoms with Crippen LogP contribution in [0.15, 0.2) is 54.9 Å². The first kappa shape index (κ1) is 20.9. The van der Waals surface area contributed by atoms with Gasteiger partial charge in [-0.1, -0.05) is 24.3 Å². The summed E-state index contributed by atoms with van der Waals surface area (Å²) >= 11 is 0. The summed E-state index contributed by atoms with van der Waals surface area (Å²) in [6, 6.07) is 14.3. The average Bonchev–Trinajstić information content (AvgIpc) is 2.82. The summed E-state index contributed by atoms with van der Waals surface area (Å²) in [6.07, 6.45) is 6.49. The van der Waals surface area contributed by atoms with Crippen molar-refractivity contribution in [1.82, 2.24) is 14.3 Å². The van der Waals surface area contributed by atoms with Gasteiger partial charge < -0.3 is 9.64 Å². The summed E-state index contributed by atoms with van der Waals surface area (Å²) in [5.74, 6) is 1.60. The van der Waals surface area contributed by atoms with E-state index in [0.29, 0.717) is 26.1 Å². The van der Waals surface area contributed by atoms with Crippen LogP contribution in [0.5, 0.6) is 5.75 Å². The first-order chi connectivity index (χ1) is 15.5. The number of aromatic nitrogens is 2. The van der Waals surface area contributed by atoms with Crippen molar-refractivity contribution in [1.29, 1.82) is 0 Å². The SMILES string of the molecule is CS(=O)(=O)N1CCc2cc(OCc3ccc4c(c3)CCN(c3ncccn3)C4)ccc2C1. The Balaban J connectivity index is 1.23. The third-order valence-electron chi connectivity index (χ3n) is 6.15. The van der Waals surface area contributed by atoms with Crippen molar-refractivity contribution in [3.63, 3.8) is 0 Å². The van der Waals surface area contributed by atoms with Gasteiger partial charge in [-0.15, -0.1) is 0 Å². The topological polar surface area (TPSA) is 75.6 Å². The molecule has 2 aliphatic heterocycles. The van der Waals surface area contributed by atoms with Crippen LogP contribution in [0.25, 0.3) is 0 Å². The Labute approximate surface area is 188 Å². The molecule has 32 heavy (non-hydrogen) atoms. The van der Waals surface area contributed by atoms with Crippen molar-refractivity contribution in [2.45, 2.75) is 32.5 Å². The van der Waals surface area contributed by atoms with E-state index in [9.17, 15) is 8.42 Å². The predicted octanol–water partition coefficient (Wildman–Crippen LogP) is 2.94. The number of ether oxygens (including phenoxy) is 1. The maximum Gasteiger partial charge on any atom is 0.225 e. The molecule has 8 heteroatoms. The molecule has 3 aromatic rings. The predicted molar refractivity (Wildman–Crippen MR) is 123 cm³/mol. The number of rotatable bonds is 5. The molecule has 0 radical (unpaired) electrons. The minimum absolute atomic E-state index is 0.435. The maximum absolute atomic E-state index is 11.8. The number of hydrogen-bond donors (Lipinski definition) is 0. The highest BCUT2D eigenvalue weighted by atomic mass is 32.2. The standard InChI is InChI=1S/C24H26N4O3S/c1-32(29,30)28-12-8-20-14-23(6-5-22(20)16-28)31-17-18-3-4-21-15-27(11-7-19(21)13-18)24-25-9-2-10-26-24/h2-6,9-10,13-14H,7-8,11-12,15-17H2,1H3. The molecule has 0 bridgehead atoms. The molecule has 2 aliphatic rings. The summed E-state index contributed by atoms with van der Waals surface area (Å²) in [5.41, 5.74) is 6.02. The van der Waals surface area contributed by atoms with E-state index in [1.165, 1.54) is 21.7 Å². The zero-order valence-electron chi connectivity index (χ0n) is 18.1. The van der Waals surface area contributed by atoms with E-state index >= 15 is 0 Å². The lowest BCUT2D eigenvalue weighted by Gasteiger charge is -2.29. The van der Waals surface area contributed by atoms with Crippen molar-refractivity contribution >= 4 is 16.0 Å². The molecule has 5 rings (SSSR count). The Bertz CT molecular complexity index is 1230. The minimum atomic E-state index is -3.16. The molecular weight excluding hydrogens is 424 g/mol. The van der Waals surface area contributed by atoms with Crippen LogP contribution in [0.3, 0.4) is 0 Å². The second kappa shape index (κ2) is 8.52. The molecule has 166 valence electrons. The quantitative estimate of drug-likeness (QED) is 0.595. The molecule has 2 aromatic carbocycles. The first-order valence-corrected chi connectivity index (χ1v) is 12.6. The van der Waals surface area contributed by atoms with Gasteiger partial charge in [0.15, 0.2) is 0 Å². The average molecular weight is 451 g/mol.